The minimum absolute atomic E-state index is 0.00968. The van der Waals surface area contributed by atoms with Gasteiger partial charge in [0.1, 0.15) is 6.07 Å². The van der Waals surface area contributed by atoms with Crippen LogP contribution >= 0.6 is 0 Å². The predicted molar refractivity (Wildman–Crippen MR) is 93.4 cm³/mol. The van der Waals surface area contributed by atoms with Gasteiger partial charge in [-0.25, -0.2) is 13.1 Å². The molecule has 25 heavy (non-hydrogen) atoms. The molecular weight excluding hydrogens is 336 g/mol. The average Bonchev–Trinajstić information content (AvgIpc) is 3.11. The van der Waals surface area contributed by atoms with E-state index in [1.807, 2.05) is 36.4 Å². The fourth-order valence-corrected chi connectivity index (χ4v) is 3.75. The minimum atomic E-state index is -3.76. The lowest BCUT2D eigenvalue weighted by molar-refractivity contribution is 0.466. The molecule has 3 rings (SSSR count). The van der Waals surface area contributed by atoms with Gasteiger partial charge in [0.2, 0.25) is 10.0 Å². The van der Waals surface area contributed by atoms with Gasteiger partial charge in [-0.05, 0) is 24.3 Å². The highest BCUT2D eigenvalue weighted by Gasteiger charge is 2.24. The molecule has 1 heterocycles. The Morgan fingerprint density at radius 2 is 1.80 bits per heavy atom. The van der Waals surface area contributed by atoms with Crippen LogP contribution in [0.15, 0.2) is 71.9 Å². The first kappa shape index (κ1) is 16.9. The molecule has 126 valence electrons. The zero-order chi connectivity index (χ0) is 17.9. The summed E-state index contributed by atoms with van der Waals surface area (Å²) in [6, 6.07) is 17.7. The van der Waals surface area contributed by atoms with Crippen LogP contribution in [0, 0.1) is 11.3 Å². The summed E-state index contributed by atoms with van der Waals surface area (Å²) >= 11 is 0. The van der Waals surface area contributed by atoms with Crippen molar-refractivity contribution in [1.29, 1.82) is 5.26 Å². The van der Waals surface area contributed by atoms with Crippen molar-refractivity contribution in [2.24, 2.45) is 0 Å². The molecule has 3 aromatic rings. The SMILES string of the molecule is CN(Cc1cnn(-c2ccccc2)c1)S(=O)(=O)c1ccccc1C#N. The summed E-state index contributed by atoms with van der Waals surface area (Å²) < 4.78 is 28.4. The molecule has 2 aromatic carbocycles. The molecule has 0 N–H and O–H groups in total. The molecule has 0 aliphatic carbocycles. The average molecular weight is 352 g/mol. The number of hydrogen-bond donors (Lipinski definition) is 0. The van der Waals surface area contributed by atoms with Crippen LogP contribution in [-0.2, 0) is 16.6 Å². The van der Waals surface area contributed by atoms with Crippen molar-refractivity contribution in [1.82, 2.24) is 14.1 Å². The Morgan fingerprint density at radius 3 is 2.52 bits per heavy atom. The first-order valence-corrected chi connectivity index (χ1v) is 9.01. The quantitative estimate of drug-likeness (QED) is 0.707. The van der Waals surface area contributed by atoms with Crippen molar-refractivity contribution in [3.8, 4) is 11.8 Å². The van der Waals surface area contributed by atoms with E-state index in [0.29, 0.717) is 0 Å². The van der Waals surface area contributed by atoms with Gasteiger partial charge in [0, 0.05) is 25.4 Å². The lowest BCUT2D eigenvalue weighted by Gasteiger charge is -2.17. The molecular formula is C18H16N4O2S. The highest BCUT2D eigenvalue weighted by molar-refractivity contribution is 7.89. The van der Waals surface area contributed by atoms with Gasteiger partial charge >= 0.3 is 0 Å². The van der Waals surface area contributed by atoms with E-state index in [2.05, 4.69) is 5.10 Å². The van der Waals surface area contributed by atoms with Gasteiger partial charge in [0.05, 0.1) is 22.3 Å². The maximum Gasteiger partial charge on any atom is 0.244 e. The maximum absolute atomic E-state index is 12.7. The molecule has 0 unspecified atom stereocenters. The normalized spacial score (nSPS) is 11.4. The van der Waals surface area contributed by atoms with Crippen LogP contribution in [0.1, 0.15) is 11.1 Å². The van der Waals surface area contributed by atoms with E-state index in [1.165, 1.54) is 23.5 Å². The first-order chi connectivity index (χ1) is 12.0. The largest absolute Gasteiger partial charge is 0.244 e. The number of nitriles is 1. The van der Waals surface area contributed by atoms with Crippen LogP contribution in [0.25, 0.3) is 5.69 Å². The van der Waals surface area contributed by atoms with E-state index in [9.17, 15) is 8.42 Å². The van der Waals surface area contributed by atoms with Crippen molar-refractivity contribution < 1.29 is 8.42 Å². The first-order valence-electron chi connectivity index (χ1n) is 7.57. The van der Waals surface area contributed by atoms with E-state index in [1.54, 1.807) is 29.2 Å². The molecule has 0 amide bonds. The molecule has 0 aliphatic heterocycles. The van der Waals surface area contributed by atoms with Crippen molar-refractivity contribution in [3.63, 3.8) is 0 Å². The van der Waals surface area contributed by atoms with Crippen LogP contribution in [0.4, 0.5) is 0 Å². The molecule has 0 aliphatic rings. The molecule has 0 atom stereocenters. The zero-order valence-electron chi connectivity index (χ0n) is 13.6. The Morgan fingerprint density at radius 1 is 1.12 bits per heavy atom. The molecule has 0 fully saturated rings. The van der Waals surface area contributed by atoms with Crippen LogP contribution in [0.5, 0.6) is 0 Å². The summed E-state index contributed by atoms with van der Waals surface area (Å²) in [7, 11) is -2.27. The Bertz CT molecular complexity index is 1020. The smallest absolute Gasteiger partial charge is 0.241 e. The number of para-hydroxylation sites is 1. The van der Waals surface area contributed by atoms with Crippen LogP contribution < -0.4 is 0 Å². The number of hydrogen-bond acceptors (Lipinski definition) is 4. The predicted octanol–water partition coefficient (Wildman–Crippen LogP) is 2.56. The van der Waals surface area contributed by atoms with Crippen molar-refractivity contribution in [2.75, 3.05) is 7.05 Å². The number of sulfonamides is 1. The van der Waals surface area contributed by atoms with Gasteiger partial charge in [-0.3, -0.25) is 0 Å². The van der Waals surface area contributed by atoms with Crippen LogP contribution in [0.3, 0.4) is 0 Å². The summed E-state index contributed by atoms with van der Waals surface area (Å²) in [5, 5.41) is 13.4. The number of rotatable bonds is 5. The van der Waals surface area contributed by atoms with Gasteiger partial charge < -0.3 is 0 Å². The minimum Gasteiger partial charge on any atom is -0.241 e. The van der Waals surface area contributed by atoms with Crippen LogP contribution in [-0.4, -0.2) is 29.6 Å². The van der Waals surface area contributed by atoms with Crippen LogP contribution in [0.2, 0.25) is 0 Å². The Hall–Kier alpha value is -2.95. The van der Waals surface area contributed by atoms with Crippen molar-refractivity contribution in [3.05, 3.63) is 78.1 Å². The Kier molecular flexibility index (Phi) is 4.65. The summed E-state index contributed by atoms with van der Waals surface area (Å²) in [6.07, 6.45) is 3.42. The molecule has 0 bridgehead atoms. The molecule has 0 radical (unpaired) electrons. The third-order valence-electron chi connectivity index (χ3n) is 3.76. The monoisotopic (exact) mass is 352 g/mol. The standard InChI is InChI=1S/C18H16N4O2S/c1-21(25(23,24)18-10-6-5-7-16(18)11-19)13-15-12-20-22(14-15)17-8-3-2-4-9-17/h2-10,12,14H,13H2,1H3. The third-order valence-corrected chi connectivity index (χ3v) is 5.62. The molecule has 0 spiro atoms. The summed E-state index contributed by atoms with van der Waals surface area (Å²) in [5.74, 6) is 0. The van der Waals surface area contributed by atoms with Crippen molar-refractivity contribution in [2.45, 2.75) is 11.4 Å². The molecule has 0 saturated heterocycles. The molecule has 6 nitrogen and oxygen atoms in total. The number of benzene rings is 2. The second-order valence-corrected chi connectivity index (χ2v) is 7.51. The van der Waals surface area contributed by atoms with Crippen molar-refractivity contribution >= 4 is 10.0 Å². The fraction of sp³-hybridized carbons (Fsp3) is 0.111. The highest BCUT2D eigenvalue weighted by Crippen LogP contribution is 2.20. The molecule has 7 heteroatoms. The summed E-state index contributed by atoms with van der Waals surface area (Å²) in [6.45, 7) is 0.162. The molecule has 1 aromatic heterocycles. The lowest BCUT2D eigenvalue weighted by Crippen LogP contribution is -2.27. The second kappa shape index (κ2) is 6.89. The van der Waals surface area contributed by atoms with Gasteiger partial charge in [0.25, 0.3) is 0 Å². The van der Waals surface area contributed by atoms with E-state index in [4.69, 9.17) is 5.26 Å². The van der Waals surface area contributed by atoms with E-state index in [-0.39, 0.29) is 17.0 Å². The fourth-order valence-electron chi connectivity index (χ4n) is 2.46. The highest BCUT2D eigenvalue weighted by atomic mass is 32.2. The number of nitrogens with zero attached hydrogens (tertiary/aromatic N) is 4. The topological polar surface area (TPSA) is 79.0 Å². The second-order valence-electron chi connectivity index (χ2n) is 5.50. The number of aromatic nitrogens is 2. The van der Waals surface area contributed by atoms with E-state index in [0.717, 1.165) is 11.3 Å². The van der Waals surface area contributed by atoms with Gasteiger partial charge in [0.15, 0.2) is 0 Å². The molecule has 0 saturated carbocycles. The van der Waals surface area contributed by atoms with Gasteiger partial charge in [-0.2, -0.15) is 14.7 Å². The summed E-state index contributed by atoms with van der Waals surface area (Å²) in [5.41, 5.74) is 1.78. The maximum atomic E-state index is 12.7. The third kappa shape index (κ3) is 3.45. The lowest BCUT2D eigenvalue weighted by atomic mass is 10.2. The Balaban J connectivity index is 1.84. The Labute approximate surface area is 146 Å². The van der Waals surface area contributed by atoms with E-state index < -0.39 is 10.0 Å². The van der Waals surface area contributed by atoms with Gasteiger partial charge in [-0.15, -0.1) is 0 Å². The van der Waals surface area contributed by atoms with E-state index >= 15 is 0 Å². The zero-order valence-corrected chi connectivity index (χ0v) is 14.4. The summed E-state index contributed by atoms with van der Waals surface area (Å²) in [4.78, 5) is 0.00968. The van der Waals surface area contributed by atoms with Gasteiger partial charge in [-0.1, -0.05) is 30.3 Å².